The van der Waals surface area contributed by atoms with Gasteiger partial charge in [-0.2, -0.15) is 0 Å². The van der Waals surface area contributed by atoms with Crippen LogP contribution >= 0.6 is 0 Å². The highest BCUT2D eigenvalue weighted by Gasteiger charge is 2.45. The first-order valence-corrected chi connectivity index (χ1v) is 9.70. The van der Waals surface area contributed by atoms with Crippen molar-refractivity contribution in [1.82, 2.24) is 0 Å². The Kier molecular flexibility index (Phi) is 3.63. The fourth-order valence-corrected chi connectivity index (χ4v) is 6.80. The van der Waals surface area contributed by atoms with Gasteiger partial charge in [0.25, 0.3) is 0 Å². The van der Waals surface area contributed by atoms with Gasteiger partial charge in [-0.15, -0.1) is 0 Å². The van der Waals surface area contributed by atoms with E-state index in [0.717, 1.165) is 47.3 Å². The topological polar surface area (TPSA) is 0 Å². The lowest BCUT2D eigenvalue weighted by molar-refractivity contribution is -0.0215. The van der Waals surface area contributed by atoms with Gasteiger partial charge in [0.1, 0.15) is 0 Å². The summed E-state index contributed by atoms with van der Waals surface area (Å²) in [5, 5.41) is 0. The maximum atomic E-state index is 2.52. The first-order chi connectivity index (χ1) is 9.70. The van der Waals surface area contributed by atoms with Crippen LogP contribution in [0.25, 0.3) is 0 Å². The third-order valence-corrected chi connectivity index (χ3v) is 8.14. The van der Waals surface area contributed by atoms with Gasteiger partial charge >= 0.3 is 0 Å². The summed E-state index contributed by atoms with van der Waals surface area (Å²) in [6.07, 6.45) is 15.9. The third kappa shape index (κ3) is 2.35. The second kappa shape index (κ2) is 5.33. The van der Waals surface area contributed by atoms with Gasteiger partial charge in [-0.1, -0.05) is 39.5 Å². The average Bonchev–Trinajstić information content (AvgIpc) is 2.44. The average molecular weight is 274 g/mol. The standard InChI is InChI=1S/C20H34/c1-13-7-17-11-19-9-15-5-3-4-6-16(15)10-20(19)12-18(17)8-14(13)2/h13-20H,3-12H2,1-2H3. The SMILES string of the molecule is CC1CC2CC3CC4CCCCC4CC3CC2CC1C. The highest BCUT2D eigenvalue weighted by molar-refractivity contribution is 4.96. The molecular weight excluding hydrogens is 240 g/mol. The van der Waals surface area contributed by atoms with Crippen LogP contribution < -0.4 is 0 Å². The predicted molar refractivity (Wildman–Crippen MR) is 85.4 cm³/mol. The second-order valence-corrected chi connectivity index (χ2v) is 9.21. The van der Waals surface area contributed by atoms with Crippen LogP contribution in [0.4, 0.5) is 0 Å². The van der Waals surface area contributed by atoms with Gasteiger partial charge in [0.05, 0.1) is 0 Å². The van der Waals surface area contributed by atoms with E-state index < -0.39 is 0 Å². The normalized spacial score (nSPS) is 55.5. The molecule has 8 atom stereocenters. The molecule has 4 rings (SSSR count). The van der Waals surface area contributed by atoms with Crippen LogP contribution in [0.5, 0.6) is 0 Å². The zero-order valence-corrected chi connectivity index (χ0v) is 13.7. The summed E-state index contributed by atoms with van der Waals surface area (Å²) in [4.78, 5) is 0. The van der Waals surface area contributed by atoms with Crippen molar-refractivity contribution in [2.75, 3.05) is 0 Å². The summed E-state index contributed by atoms with van der Waals surface area (Å²) in [7, 11) is 0. The molecule has 4 saturated carbocycles. The molecule has 0 nitrogen and oxygen atoms in total. The predicted octanol–water partition coefficient (Wildman–Crippen LogP) is 5.91. The van der Waals surface area contributed by atoms with E-state index in [4.69, 9.17) is 0 Å². The van der Waals surface area contributed by atoms with Crippen molar-refractivity contribution in [2.24, 2.45) is 47.3 Å². The summed E-state index contributed by atoms with van der Waals surface area (Å²) < 4.78 is 0. The second-order valence-electron chi connectivity index (χ2n) is 9.21. The Hall–Kier alpha value is 0. The molecule has 0 aromatic rings. The molecule has 0 heteroatoms. The summed E-state index contributed by atoms with van der Waals surface area (Å²) in [5.41, 5.74) is 0. The van der Waals surface area contributed by atoms with E-state index in [9.17, 15) is 0 Å². The molecule has 4 aliphatic rings. The molecule has 114 valence electrons. The number of hydrogen-bond donors (Lipinski definition) is 0. The van der Waals surface area contributed by atoms with Crippen molar-refractivity contribution in [1.29, 1.82) is 0 Å². The molecule has 0 radical (unpaired) electrons. The number of rotatable bonds is 0. The van der Waals surface area contributed by atoms with E-state index in [2.05, 4.69) is 13.8 Å². The maximum absolute atomic E-state index is 2.52. The van der Waals surface area contributed by atoms with Crippen LogP contribution in [0.3, 0.4) is 0 Å². The minimum absolute atomic E-state index is 0.999. The Labute approximate surface area is 126 Å². The fourth-order valence-electron chi connectivity index (χ4n) is 6.80. The molecule has 0 N–H and O–H groups in total. The van der Waals surface area contributed by atoms with E-state index in [0.29, 0.717) is 0 Å². The quantitative estimate of drug-likeness (QED) is 0.515. The first-order valence-electron chi connectivity index (χ1n) is 9.70. The van der Waals surface area contributed by atoms with Gasteiger partial charge in [-0.25, -0.2) is 0 Å². The van der Waals surface area contributed by atoms with Crippen LogP contribution in [-0.4, -0.2) is 0 Å². The Morgan fingerprint density at radius 1 is 0.450 bits per heavy atom. The van der Waals surface area contributed by atoms with Crippen molar-refractivity contribution in [3.05, 3.63) is 0 Å². The van der Waals surface area contributed by atoms with Crippen molar-refractivity contribution in [3.8, 4) is 0 Å². The molecule has 8 unspecified atom stereocenters. The molecule has 0 aromatic carbocycles. The van der Waals surface area contributed by atoms with Crippen LogP contribution in [0.2, 0.25) is 0 Å². The molecular formula is C20H34. The van der Waals surface area contributed by atoms with Gasteiger partial charge in [0.15, 0.2) is 0 Å². The molecule has 0 spiro atoms. The van der Waals surface area contributed by atoms with E-state index in [1.54, 1.807) is 64.2 Å². The molecule has 4 fully saturated rings. The summed E-state index contributed by atoms with van der Waals surface area (Å²) in [6, 6.07) is 0. The molecule has 4 aliphatic carbocycles. The van der Waals surface area contributed by atoms with E-state index in [1.165, 1.54) is 0 Å². The number of hydrogen-bond acceptors (Lipinski definition) is 0. The lowest BCUT2D eigenvalue weighted by atomic mass is 9.53. The largest absolute Gasteiger partial charge is 0.0622 e. The van der Waals surface area contributed by atoms with Crippen LogP contribution in [0, 0.1) is 47.3 Å². The van der Waals surface area contributed by atoms with Crippen LogP contribution in [0.1, 0.15) is 78.1 Å². The van der Waals surface area contributed by atoms with Crippen molar-refractivity contribution in [3.63, 3.8) is 0 Å². The smallest absolute Gasteiger partial charge is 0.0380 e. The number of fused-ring (bicyclic) bond motifs is 3. The molecule has 20 heavy (non-hydrogen) atoms. The van der Waals surface area contributed by atoms with Gasteiger partial charge in [-0.05, 0) is 85.9 Å². The minimum atomic E-state index is 0.999. The molecule has 0 saturated heterocycles. The monoisotopic (exact) mass is 274 g/mol. The van der Waals surface area contributed by atoms with Crippen molar-refractivity contribution in [2.45, 2.75) is 78.1 Å². The highest BCUT2D eigenvalue weighted by atomic mass is 14.5. The Morgan fingerprint density at radius 3 is 1.25 bits per heavy atom. The molecule has 0 aromatic heterocycles. The van der Waals surface area contributed by atoms with Gasteiger partial charge < -0.3 is 0 Å². The summed E-state index contributed by atoms with van der Waals surface area (Å²) in [5.74, 6) is 8.78. The maximum Gasteiger partial charge on any atom is -0.0380 e. The highest BCUT2D eigenvalue weighted by Crippen LogP contribution is 2.56. The Morgan fingerprint density at radius 2 is 0.800 bits per heavy atom. The fraction of sp³-hybridized carbons (Fsp3) is 1.00. The summed E-state index contributed by atoms with van der Waals surface area (Å²) in [6.45, 7) is 5.04. The first kappa shape index (κ1) is 13.6. The lowest BCUT2D eigenvalue weighted by Crippen LogP contribution is -2.43. The lowest BCUT2D eigenvalue weighted by Gasteiger charge is -2.52. The zero-order valence-electron chi connectivity index (χ0n) is 13.7. The van der Waals surface area contributed by atoms with E-state index in [-0.39, 0.29) is 0 Å². The van der Waals surface area contributed by atoms with E-state index >= 15 is 0 Å². The molecule has 0 amide bonds. The summed E-state index contributed by atoms with van der Waals surface area (Å²) >= 11 is 0. The van der Waals surface area contributed by atoms with Gasteiger partial charge in [-0.3, -0.25) is 0 Å². The molecule has 0 heterocycles. The van der Waals surface area contributed by atoms with Crippen molar-refractivity contribution < 1.29 is 0 Å². The van der Waals surface area contributed by atoms with Crippen LogP contribution in [0.15, 0.2) is 0 Å². The molecule has 0 bridgehead atoms. The Balaban J connectivity index is 1.46. The van der Waals surface area contributed by atoms with Crippen molar-refractivity contribution >= 4 is 0 Å². The van der Waals surface area contributed by atoms with Crippen LogP contribution in [-0.2, 0) is 0 Å². The minimum Gasteiger partial charge on any atom is -0.0622 e. The zero-order chi connectivity index (χ0) is 13.7. The third-order valence-electron chi connectivity index (χ3n) is 8.14. The molecule has 0 aliphatic heterocycles. The van der Waals surface area contributed by atoms with Gasteiger partial charge in [0, 0.05) is 0 Å². The van der Waals surface area contributed by atoms with E-state index in [1.807, 2.05) is 0 Å². The Bertz CT molecular complexity index is 312. The van der Waals surface area contributed by atoms with Gasteiger partial charge in [0.2, 0.25) is 0 Å².